The Morgan fingerprint density at radius 2 is 2.05 bits per heavy atom. The lowest BCUT2D eigenvalue weighted by Gasteiger charge is -2.09. The van der Waals surface area contributed by atoms with Crippen molar-refractivity contribution in [2.24, 2.45) is 0 Å². The number of nitrogens with zero attached hydrogens (tertiary/aromatic N) is 2. The van der Waals surface area contributed by atoms with Crippen LogP contribution in [0.15, 0.2) is 34.9 Å². The first-order chi connectivity index (χ1) is 10.0. The molecule has 0 aliphatic heterocycles. The van der Waals surface area contributed by atoms with Crippen LogP contribution in [-0.2, 0) is 0 Å². The van der Waals surface area contributed by atoms with Gasteiger partial charge in [0.2, 0.25) is 0 Å². The van der Waals surface area contributed by atoms with E-state index < -0.39 is 17.4 Å². The van der Waals surface area contributed by atoms with Crippen LogP contribution in [0.2, 0.25) is 5.02 Å². The van der Waals surface area contributed by atoms with Gasteiger partial charge in [-0.15, -0.1) is 0 Å². The molecular formula is C14H8BrClF2N2O. The zero-order valence-corrected chi connectivity index (χ0v) is 13.0. The lowest BCUT2D eigenvalue weighted by molar-refractivity contribution is 0.362. The van der Waals surface area contributed by atoms with Gasteiger partial charge in [-0.25, -0.2) is 13.5 Å². The maximum Gasteiger partial charge on any atom is 0.194 e. The predicted octanol–water partition coefficient (Wildman–Crippen LogP) is 4.73. The minimum absolute atomic E-state index is 0.109. The molecule has 0 aliphatic carbocycles. The predicted molar refractivity (Wildman–Crippen MR) is 80.2 cm³/mol. The fraction of sp³-hybridized carbons (Fsp3) is 0.0714. The number of benzene rings is 2. The van der Waals surface area contributed by atoms with Crippen LogP contribution in [0.3, 0.4) is 0 Å². The second-order valence-corrected chi connectivity index (χ2v) is 5.62. The molecule has 0 spiro atoms. The van der Waals surface area contributed by atoms with Crippen LogP contribution in [-0.4, -0.2) is 16.9 Å². The number of ether oxygens (including phenoxy) is 1. The third-order valence-electron chi connectivity index (χ3n) is 3.05. The van der Waals surface area contributed by atoms with Crippen molar-refractivity contribution in [2.45, 2.75) is 0 Å². The van der Waals surface area contributed by atoms with E-state index in [1.807, 2.05) is 0 Å². The Morgan fingerprint density at radius 3 is 2.71 bits per heavy atom. The SMILES string of the molecule is COc1c(F)cc2cnn(-c3ccc(Br)cc3Cl)c2c1F. The van der Waals surface area contributed by atoms with E-state index in [0.29, 0.717) is 16.1 Å². The summed E-state index contributed by atoms with van der Waals surface area (Å²) in [5.41, 5.74) is 0.597. The minimum atomic E-state index is -0.816. The topological polar surface area (TPSA) is 27.1 Å². The molecule has 1 heterocycles. The van der Waals surface area contributed by atoms with Crippen LogP contribution in [0.5, 0.6) is 5.75 Å². The largest absolute Gasteiger partial charge is 0.491 e. The van der Waals surface area contributed by atoms with Crippen molar-refractivity contribution in [3.63, 3.8) is 0 Å². The molecular weight excluding hydrogens is 366 g/mol. The van der Waals surface area contributed by atoms with E-state index in [2.05, 4.69) is 21.0 Å². The molecule has 2 aromatic carbocycles. The third-order valence-corrected chi connectivity index (χ3v) is 3.84. The Balaban J connectivity index is 2.34. The van der Waals surface area contributed by atoms with Crippen LogP contribution < -0.4 is 4.74 Å². The molecule has 3 nitrogen and oxygen atoms in total. The first-order valence-electron chi connectivity index (χ1n) is 5.88. The van der Waals surface area contributed by atoms with Crippen molar-refractivity contribution in [3.05, 3.63) is 51.6 Å². The van der Waals surface area contributed by atoms with E-state index in [1.54, 1.807) is 18.2 Å². The fourth-order valence-electron chi connectivity index (χ4n) is 2.12. The Hall–Kier alpha value is -1.66. The summed E-state index contributed by atoms with van der Waals surface area (Å²) in [6.45, 7) is 0. The first kappa shape index (κ1) is 14.3. The van der Waals surface area contributed by atoms with E-state index in [1.165, 1.54) is 24.1 Å². The quantitative estimate of drug-likeness (QED) is 0.649. The van der Waals surface area contributed by atoms with Crippen molar-refractivity contribution >= 4 is 38.4 Å². The summed E-state index contributed by atoms with van der Waals surface area (Å²) in [6, 6.07) is 6.29. The van der Waals surface area contributed by atoms with Crippen molar-refractivity contribution in [1.29, 1.82) is 0 Å². The van der Waals surface area contributed by atoms with Gasteiger partial charge >= 0.3 is 0 Å². The van der Waals surface area contributed by atoms with Gasteiger partial charge in [-0.2, -0.15) is 5.10 Å². The molecule has 0 fully saturated rings. The highest BCUT2D eigenvalue weighted by molar-refractivity contribution is 9.10. The van der Waals surface area contributed by atoms with Crippen LogP contribution in [0.4, 0.5) is 8.78 Å². The standard InChI is InChI=1S/C14H8BrClF2N2O/c1-21-14-10(17)4-7-6-19-20(13(7)12(14)18)11-3-2-8(15)5-9(11)16/h2-6H,1H3. The second-order valence-electron chi connectivity index (χ2n) is 4.30. The fourth-order valence-corrected chi connectivity index (χ4v) is 2.88. The smallest absolute Gasteiger partial charge is 0.194 e. The highest BCUT2D eigenvalue weighted by Crippen LogP contribution is 2.33. The first-order valence-corrected chi connectivity index (χ1v) is 7.05. The average molecular weight is 374 g/mol. The Morgan fingerprint density at radius 1 is 1.29 bits per heavy atom. The van der Waals surface area contributed by atoms with Crippen LogP contribution in [0.25, 0.3) is 16.6 Å². The van der Waals surface area contributed by atoms with Gasteiger partial charge in [-0.05, 0) is 24.3 Å². The number of hydrogen-bond donors (Lipinski definition) is 0. The van der Waals surface area contributed by atoms with E-state index in [9.17, 15) is 8.78 Å². The molecule has 21 heavy (non-hydrogen) atoms. The zero-order valence-electron chi connectivity index (χ0n) is 10.7. The molecule has 3 rings (SSSR count). The maximum atomic E-state index is 14.4. The molecule has 0 unspecified atom stereocenters. The summed E-state index contributed by atoms with van der Waals surface area (Å²) < 4.78 is 35.0. The number of aromatic nitrogens is 2. The van der Waals surface area contributed by atoms with Crippen molar-refractivity contribution in [2.75, 3.05) is 7.11 Å². The summed E-state index contributed by atoms with van der Waals surface area (Å²) in [5.74, 6) is -2.04. The normalized spacial score (nSPS) is 11.1. The van der Waals surface area contributed by atoms with Crippen LogP contribution >= 0.6 is 27.5 Å². The van der Waals surface area contributed by atoms with Crippen LogP contribution in [0.1, 0.15) is 0 Å². The summed E-state index contributed by atoms with van der Waals surface area (Å²) in [5, 5.41) is 4.80. The summed E-state index contributed by atoms with van der Waals surface area (Å²) >= 11 is 9.46. The van der Waals surface area contributed by atoms with E-state index >= 15 is 0 Å². The van der Waals surface area contributed by atoms with Gasteiger partial charge in [-0.3, -0.25) is 0 Å². The van der Waals surface area contributed by atoms with Gasteiger partial charge in [0.1, 0.15) is 5.52 Å². The highest BCUT2D eigenvalue weighted by atomic mass is 79.9. The number of methoxy groups -OCH3 is 1. The van der Waals surface area contributed by atoms with Crippen LogP contribution in [0, 0.1) is 11.6 Å². The van der Waals surface area contributed by atoms with E-state index in [0.717, 1.165) is 4.47 Å². The minimum Gasteiger partial charge on any atom is -0.491 e. The second kappa shape index (κ2) is 5.27. The molecule has 0 aliphatic rings. The lowest BCUT2D eigenvalue weighted by atomic mass is 10.2. The van der Waals surface area contributed by atoms with Crippen molar-refractivity contribution in [3.8, 4) is 11.4 Å². The average Bonchev–Trinajstić information content (AvgIpc) is 2.83. The number of rotatable bonds is 2. The molecule has 0 amide bonds. The molecule has 0 saturated heterocycles. The molecule has 108 valence electrons. The summed E-state index contributed by atoms with van der Waals surface area (Å²) in [4.78, 5) is 0. The number of hydrogen-bond acceptors (Lipinski definition) is 2. The van der Waals surface area contributed by atoms with Crippen molar-refractivity contribution in [1.82, 2.24) is 9.78 Å². The third kappa shape index (κ3) is 2.28. The molecule has 0 saturated carbocycles. The molecule has 0 radical (unpaired) electrons. The highest BCUT2D eigenvalue weighted by Gasteiger charge is 2.20. The van der Waals surface area contributed by atoms with Gasteiger partial charge in [0, 0.05) is 9.86 Å². The van der Waals surface area contributed by atoms with Gasteiger partial charge in [0.25, 0.3) is 0 Å². The molecule has 0 bridgehead atoms. The lowest BCUT2D eigenvalue weighted by Crippen LogP contribution is -2.01. The van der Waals surface area contributed by atoms with Gasteiger partial charge in [0.15, 0.2) is 17.4 Å². The van der Waals surface area contributed by atoms with E-state index in [-0.39, 0.29) is 5.52 Å². The van der Waals surface area contributed by atoms with Gasteiger partial charge in [0.05, 0.1) is 24.0 Å². The molecule has 0 atom stereocenters. The maximum absolute atomic E-state index is 14.4. The Kier molecular flexibility index (Phi) is 3.59. The zero-order chi connectivity index (χ0) is 15.1. The monoisotopic (exact) mass is 372 g/mol. The summed E-state index contributed by atoms with van der Waals surface area (Å²) in [6.07, 6.45) is 1.37. The van der Waals surface area contributed by atoms with Gasteiger partial charge < -0.3 is 4.74 Å². The number of fused-ring (bicyclic) bond motifs is 1. The van der Waals surface area contributed by atoms with E-state index in [4.69, 9.17) is 16.3 Å². The molecule has 1 aromatic heterocycles. The summed E-state index contributed by atoms with van der Waals surface area (Å²) in [7, 11) is 1.21. The molecule has 7 heteroatoms. The molecule has 0 N–H and O–H groups in total. The molecule has 3 aromatic rings. The van der Waals surface area contributed by atoms with Crippen molar-refractivity contribution < 1.29 is 13.5 Å². The number of halogens is 4. The van der Waals surface area contributed by atoms with Gasteiger partial charge in [-0.1, -0.05) is 27.5 Å². The Bertz CT molecular complexity index is 851. The Labute approximate surface area is 132 Å².